The highest BCUT2D eigenvalue weighted by Gasteiger charge is 2.16. The van der Waals surface area contributed by atoms with Gasteiger partial charge in [-0.2, -0.15) is 5.10 Å². The van der Waals surface area contributed by atoms with Crippen LogP contribution in [-0.2, 0) is 7.05 Å². The Kier molecular flexibility index (Phi) is 3.51. The van der Waals surface area contributed by atoms with Gasteiger partial charge in [0.1, 0.15) is 23.6 Å². The van der Waals surface area contributed by atoms with Gasteiger partial charge in [-0.3, -0.25) is 5.10 Å². The Morgan fingerprint density at radius 1 is 1.14 bits per heavy atom. The largest absolute Gasteiger partial charge is 0.455 e. The van der Waals surface area contributed by atoms with E-state index in [-0.39, 0.29) is 0 Å². The molecule has 28 heavy (non-hydrogen) atoms. The summed E-state index contributed by atoms with van der Waals surface area (Å²) in [5.41, 5.74) is 10.5. The fraction of sp³-hybridized carbons (Fsp3) is 0.100. The average molecular weight is 371 g/mol. The lowest BCUT2D eigenvalue weighted by atomic mass is 10.1. The van der Waals surface area contributed by atoms with Crippen molar-refractivity contribution in [3.8, 4) is 22.8 Å². The number of benzene rings is 2. The van der Waals surface area contributed by atoms with Crippen molar-refractivity contribution in [3.05, 3.63) is 54.9 Å². The topological polar surface area (TPSA) is 108 Å². The molecular weight excluding hydrogens is 354 g/mol. The van der Waals surface area contributed by atoms with Gasteiger partial charge in [-0.15, -0.1) is 0 Å². The highest BCUT2D eigenvalue weighted by atomic mass is 16.5. The molecule has 0 aliphatic rings. The summed E-state index contributed by atoms with van der Waals surface area (Å²) in [6.07, 6.45) is 6.90. The number of nitrogens with two attached hydrogens (primary N) is 1. The standard InChI is InChI=1S/C20H17N7O/c1-11-3-4-14-13(7-25-26-14)19(11)28-17-6-12(16-8-27(2)10-24-16)5-15-18(17)20(21)23-9-22-15/h3-10H,1-2H3,(H,25,26)(H2,21,22,23). The summed E-state index contributed by atoms with van der Waals surface area (Å²) in [6, 6.07) is 7.82. The van der Waals surface area contributed by atoms with Gasteiger partial charge in [-0.1, -0.05) is 6.07 Å². The molecule has 3 N–H and O–H groups in total. The van der Waals surface area contributed by atoms with Crippen molar-refractivity contribution < 1.29 is 4.74 Å². The number of hydrogen-bond donors (Lipinski definition) is 2. The van der Waals surface area contributed by atoms with E-state index in [1.807, 2.05) is 49.0 Å². The molecule has 138 valence electrons. The first-order valence-electron chi connectivity index (χ1n) is 8.73. The summed E-state index contributed by atoms with van der Waals surface area (Å²) in [4.78, 5) is 13.0. The minimum Gasteiger partial charge on any atom is -0.455 e. The van der Waals surface area contributed by atoms with Crippen LogP contribution in [0.1, 0.15) is 5.56 Å². The molecule has 8 heteroatoms. The number of nitrogens with zero attached hydrogens (tertiary/aromatic N) is 5. The van der Waals surface area contributed by atoms with Crippen LogP contribution in [0.25, 0.3) is 33.1 Å². The Labute approximate surface area is 160 Å². The van der Waals surface area contributed by atoms with Crippen molar-refractivity contribution in [3.63, 3.8) is 0 Å². The molecule has 5 aromatic rings. The SMILES string of the molecule is Cc1ccc2[nH]ncc2c1Oc1cc(-c2cn(C)cn2)cc2ncnc(N)c12. The predicted octanol–water partition coefficient (Wildman–Crippen LogP) is 3.59. The van der Waals surface area contributed by atoms with Crippen molar-refractivity contribution in [2.24, 2.45) is 7.05 Å². The van der Waals surface area contributed by atoms with Crippen LogP contribution in [-0.4, -0.2) is 29.7 Å². The van der Waals surface area contributed by atoms with E-state index in [0.29, 0.717) is 28.2 Å². The molecule has 0 spiro atoms. The van der Waals surface area contributed by atoms with Gasteiger partial charge in [-0.05, 0) is 30.7 Å². The highest BCUT2D eigenvalue weighted by Crippen LogP contribution is 2.39. The highest BCUT2D eigenvalue weighted by molar-refractivity contribution is 5.97. The molecule has 0 saturated heterocycles. The zero-order chi connectivity index (χ0) is 19.3. The molecule has 0 aliphatic heterocycles. The van der Waals surface area contributed by atoms with E-state index in [1.165, 1.54) is 6.33 Å². The van der Waals surface area contributed by atoms with Gasteiger partial charge in [0, 0.05) is 18.8 Å². The molecule has 0 saturated carbocycles. The fourth-order valence-electron chi connectivity index (χ4n) is 3.31. The van der Waals surface area contributed by atoms with Crippen molar-refractivity contribution >= 4 is 27.6 Å². The number of imidazole rings is 1. The minimum atomic E-state index is 0.365. The molecule has 2 aromatic carbocycles. The van der Waals surface area contributed by atoms with E-state index >= 15 is 0 Å². The first kappa shape index (κ1) is 16.2. The second-order valence-electron chi connectivity index (χ2n) is 6.70. The van der Waals surface area contributed by atoms with E-state index in [0.717, 1.165) is 27.7 Å². The molecule has 5 rings (SSSR count). The van der Waals surface area contributed by atoms with E-state index in [9.17, 15) is 0 Å². The Hall–Kier alpha value is -3.94. The number of aromatic amines is 1. The number of aryl methyl sites for hydroxylation is 2. The lowest BCUT2D eigenvalue weighted by Crippen LogP contribution is -1.97. The molecule has 0 atom stereocenters. The van der Waals surface area contributed by atoms with Gasteiger partial charge in [0.15, 0.2) is 0 Å². The van der Waals surface area contributed by atoms with Crippen LogP contribution in [0.2, 0.25) is 0 Å². The molecule has 0 aliphatic carbocycles. The van der Waals surface area contributed by atoms with Crippen LogP contribution in [0, 0.1) is 6.92 Å². The van der Waals surface area contributed by atoms with Gasteiger partial charge in [0.05, 0.1) is 40.0 Å². The van der Waals surface area contributed by atoms with Crippen molar-refractivity contribution in [2.75, 3.05) is 5.73 Å². The van der Waals surface area contributed by atoms with Gasteiger partial charge in [-0.25, -0.2) is 15.0 Å². The molecule has 8 nitrogen and oxygen atoms in total. The van der Waals surface area contributed by atoms with Crippen molar-refractivity contribution in [1.29, 1.82) is 0 Å². The van der Waals surface area contributed by atoms with Crippen LogP contribution in [0.5, 0.6) is 11.5 Å². The van der Waals surface area contributed by atoms with E-state index < -0.39 is 0 Å². The number of fused-ring (bicyclic) bond motifs is 2. The molecule has 0 radical (unpaired) electrons. The lowest BCUT2D eigenvalue weighted by Gasteiger charge is -2.14. The third kappa shape index (κ3) is 2.54. The number of nitrogen functional groups attached to an aromatic ring is 1. The van der Waals surface area contributed by atoms with Crippen LogP contribution in [0.4, 0.5) is 5.82 Å². The van der Waals surface area contributed by atoms with Crippen LogP contribution in [0.15, 0.2) is 49.3 Å². The first-order valence-corrected chi connectivity index (χ1v) is 8.73. The third-order valence-electron chi connectivity index (χ3n) is 4.72. The van der Waals surface area contributed by atoms with Gasteiger partial charge >= 0.3 is 0 Å². The maximum Gasteiger partial charge on any atom is 0.141 e. The van der Waals surface area contributed by atoms with Crippen LogP contribution >= 0.6 is 0 Å². The Morgan fingerprint density at radius 2 is 2.04 bits per heavy atom. The predicted molar refractivity (Wildman–Crippen MR) is 107 cm³/mol. The summed E-state index contributed by atoms with van der Waals surface area (Å²) in [5.74, 6) is 1.66. The van der Waals surface area contributed by atoms with E-state index in [4.69, 9.17) is 10.5 Å². The van der Waals surface area contributed by atoms with E-state index in [1.54, 1.807) is 12.5 Å². The van der Waals surface area contributed by atoms with Crippen molar-refractivity contribution in [2.45, 2.75) is 6.92 Å². The number of hydrogen-bond acceptors (Lipinski definition) is 6. The zero-order valence-electron chi connectivity index (χ0n) is 15.3. The quantitative estimate of drug-likeness (QED) is 0.502. The monoisotopic (exact) mass is 371 g/mol. The van der Waals surface area contributed by atoms with Crippen LogP contribution < -0.4 is 10.5 Å². The maximum absolute atomic E-state index is 6.39. The van der Waals surface area contributed by atoms with Crippen LogP contribution in [0.3, 0.4) is 0 Å². The second kappa shape index (κ2) is 6.05. The second-order valence-corrected chi connectivity index (χ2v) is 6.70. The molecule has 3 aromatic heterocycles. The Morgan fingerprint density at radius 3 is 2.86 bits per heavy atom. The number of anilines is 1. The van der Waals surface area contributed by atoms with Crippen molar-refractivity contribution in [1.82, 2.24) is 29.7 Å². The average Bonchev–Trinajstić information content (AvgIpc) is 3.33. The summed E-state index contributed by atoms with van der Waals surface area (Å²) in [5, 5.41) is 8.66. The zero-order valence-corrected chi connectivity index (χ0v) is 15.3. The minimum absolute atomic E-state index is 0.365. The third-order valence-corrected chi connectivity index (χ3v) is 4.72. The first-order chi connectivity index (χ1) is 13.6. The summed E-state index contributed by atoms with van der Waals surface area (Å²) in [7, 11) is 1.93. The molecule has 0 fully saturated rings. The Bertz CT molecular complexity index is 1340. The number of ether oxygens (including phenoxy) is 1. The summed E-state index contributed by atoms with van der Waals surface area (Å²) < 4.78 is 8.28. The summed E-state index contributed by atoms with van der Waals surface area (Å²) >= 11 is 0. The molecule has 0 unspecified atom stereocenters. The molecule has 0 amide bonds. The number of nitrogens with one attached hydrogen (secondary N) is 1. The smallest absolute Gasteiger partial charge is 0.141 e. The fourth-order valence-corrected chi connectivity index (χ4v) is 3.31. The molecular formula is C20H17N7O. The van der Waals surface area contributed by atoms with Gasteiger partial charge in [0.25, 0.3) is 0 Å². The van der Waals surface area contributed by atoms with Gasteiger partial charge in [0.2, 0.25) is 0 Å². The summed E-state index contributed by atoms with van der Waals surface area (Å²) in [6.45, 7) is 1.99. The molecule has 3 heterocycles. The normalized spacial score (nSPS) is 11.4. The number of rotatable bonds is 3. The number of H-pyrrole nitrogens is 1. The van der Waals surface area contributed by atoms with E-state index in [2.05, 4.69) is 25.1 Å². The Balaban J connectivity index is 1.75. The molecule has 0 bridgehead atoms. The number of aromatic nitrogens is 6. The lowest BCUT2D eigenvalue weighted by molar-refractivity contribution is 0.490. The maximum atomic E-state index is 6.39. The van der Waals surface area contributed by atoms with Gasteiger partial charge < -0.3 is 15.0 Å².